The Morgan fingerprint density at radius 2 is 1.20 bits per heavy atom. The maximum absolute atomic E-state index is 12.5. The molecule has 5 atom stereocenters. The second kappa shape index (κ2) is 17.6. The van der Waals surface area contributed by atoms with Crippen LogP contribution in [0.25, 0.3) is 0 Å². The highest BCUT2D eigenvalue weighted by molar-refractivity contribution is 5.86. The predicted octanol–water partition coefficient (Wildman–Crippen LogP) is 4.07. The average Bonchev–Trinajstić information content (AvgIpc) is 2.92. The molecule has 250 valence electrons. The first-order valence-electron chi connectivity index (χ1n) is 15.3. The summed E-state index contributed by atoms with van der Waals surface area (Å²) in [4.78, 5) is 60.4. The summed E-state index contributed by atoms with van der Waals surface area (Å²) in [5, 5.41) is 11.4. The van der Waals surface area contributed by atoms with E-state index in [0.29, 0.717) is 25.9 Å². The van der Waals surface area contributed by atoms with Crippen LogP contribution in [-0.2, 0) is 28.5 Å². The molecule has 2 fully saturated rings. The van der Waals surface area contributed by atoms with E-state index in [2.05, 4.69) is 27.8 Å². The van der Waals surface area contributed by atoms with Crippen LogP contribution < -0.4 is 21.3 Å². The van der Waals surface area contributed by atoms with Crippen LogP contribution in [0, 0.1) is 5.92 Å². The Bertz CT molecular complexity index is 1020. The number of carbonyl (C=O) groups excluding carboxylic acids is 5. The Balaban J connectivity index is 1.66. The van der Waals surface area contributed by atoms with Crippen molar-refractivity contribution in [2.45, 2.75) is 109 Å². The van der Waals surface area contributed by atoms with Crippen LogP contribution in [0.15, 0.2) is 12.2 Å². The first kappa shape index (κ1) is 36.5. The minimum absolute atomic E-state index is 0.0480. The highest BCUT2D eigenvalue weighted by Gasteiger charge is 2.36. The zero-order valence-corrected chi connectivity index (χ0v) is 26.7. The Labute approximate surface area is 259 Å². The molecule has 0 bridgehead atoms. The lowest BCUT2D eigenvalue weighted by atomic mass is 9.80. The summed E-state index contributed by atoms with van der Waals surface area (Å²) < 4.78 is 25.7. The highest BCUT2D eigenvalue weighted by atomic mass is 16.6. The SMILES string of the molecule is C=C(C)C(=O)OCCOC(=O)NC1(C)CCCC(NC(=O)OCC(C)COC(=O)NC2(C)CCCC(NC(=O)OCC)C2)C1. The molecule has 2 aliphatic carbocycles. The molecule has 0 spiro atoms. The van der Waals surface area contributed by atoms with Crippen molar-refractivity contribution < 1.29 is 47.7 Å². The van der Waals surface area contributed by atoms with Crippen LogP contribution in [0.5, 0.6) is 0 Å². The summed E-state index contributed by atoms with van der Waals surface area (Å²) in [7, 11) is 0. The number of rotatable bonds is 13. The van der Waals surface area contributed by atoms with Gasteiger partial charge in [-0.1, -0.05) is 13.5 Å². The zero-order chi connectivity index (χ0) is 32.8. The van der Waals surface area contributed by atoms with Gasteiger partial charge in [-0.25, -0.2) is 24.0 Å². The van der Waals surface area contributed by atoms with Crippen LogP contribution in [0.3, 0.4) is 0 Å². The van der Waals surface area contributed by atoms with Gasteiger partial charge in [0.25, 0.3) is 0 Å². The van der Waals surface area contributed by atoms with Gasteiger partial charge in [0.15, 0.2) is 0 Å². The Hall–Kier alpha value is -3.71. The fraction of sp³-hybridized carbons (Fsp3) is 0.767. The molecule has 0 saturated heterocycles. The number of amides is 4. The van der Waals surface area contributed by atoms with Crippen LogP contribution in [0.2, 0.25) is 0 Å². The Morgan fingerprint density at radius 1 is 0.750 bits per heavy atom. The zero-order valence-electron chi connectivity index (χ0n) is 26.7. The molecule has 4 amide bonds. The average molecular weight is 627 g/mol. The fourth-order valence-electron chi connectivity index (χ4n) is 5.44. The van der Waals surface area contributed by atoms with Gasteiger partial charge in [0.05, 0.1) is 19.8 Å². The molecule has 14 heteroatoms. The van der Waals surface area contributed by atoms with E-state index in [1.54, 1.807) is 13.8 Å². The first-order valence-corrected chi connectivity index (χ1v) is 15.3. The van der Waals surface area contributed by atoms with Crippen molar-refractivity contribution in [3.05, 3.63) is 12.2 Å². The van der Waals surface area contributed by atoms with Gasteiger partial charge in [0, 0.05) is 34.7 Å². The fourth-order valence-corrected chi connectivity index (χ4v) is 5.44. The molecule has 2 aliphatic rings. The molecule has 2 saturated carbocycles. The molecule has 4 N–H and O–H groups in total. The van der Waals surface area contributed by atoms with Crippen molar-refractivity contribution in [1.29, 1.82) is 0 Å². The monoisotopic (exact) mass is 626 g/mol. The third-order valence-electron chi connectivity index (χ3n) is 7.58. The van der Waals surface area contributed by atoms with E-state index in [-0.39, 0.29) is 50.0 Å². The van der Waals surface area contributed by atoms with E-state index in [1.807, 2.05) is 13.8 Å². The maximum Gasteiger partial charge on any atom is 0.407 e. The first-order chi connectivity index (χ1) is 20.7. The molecule has 2 rings (SSSR count). The third kappa shape index (κ3) is 13.7. The molecular formula is C30H50N4O10. The second-order valence-electron chi connectivity index (χ2n) is 12.3. The van der Waals surface area contributed by atoms with Crippen molar-refractivity contribution >= 4 is 30.3 Å². The second-order valence-corrected chi connectivity index (χ2v) is 12.3. The summed E-state index contributed by atoms with van der Waals surface area (Å²) in [6.45, 7) is 12.6. The van der Waals surface area contributed by atoms with Gasteiger partial charge in [-0.2, -0.15) is 0 Å². The van der Waals surface area contributed by atoms with Crippen molar-refractivity contribution in [2.24, 2.45) is 5.92 Å². The molecule has 0 aliphatic heterocycles. The third-order valence-corrected chi connectivity index (χ3v) is 7.58. The number of hydrogen-bond donors (Lipinski definition) is 4. The van der Waals surface area contributed by atoms with E-state index in [1.165, 1.54) is 6.92 Å². The standard InChI is InChI=1S/C30H50N4O10/c1-7-40-25(36)31-22-10-8-13-30(6,16-22)34-28(39)44-19-21(4)18-43-26(37)32-23-11-9-12-29(5,17-23)33-27(38)42-15-14-41-24(35)20(2)3/h21-23H,2,7-19H2,1,3-6H3,(H,31,36)(H,32,37)(H,33,38)(H,34,39). The van der Waals surface area contributed by atoms with Crippen molar-refractivity contribution in [2.75, 3.05) is 33.0 Å². The van der Waals surface area contributed by atoms with Gasteiger partial charge in [0.1, 0.15) is 13.2 Å². The smallest absolute Gasteiger partial charge is 0.407 e. The Morgan fingerprint density at radius 3 is 1.70 bits per heavy atom. The van der Waals surface area contributed by atoms with Gasteiger partial charge >= 0.3 is 30.3 Å². The summed E-state index contributed by atoms with van der Waals surface area (Å²) in [6.07, 6.45) is 3.39. The number of ether oxygens (including phenoxy) is 5. The number of alkyl carbamates (subject to hydrolysis) is 4. The number of hydrogen-bond acceptors (Lipinski definition) is 10. The van der Waals surface area contributed by atoms with E-state index in [9.17, 15) is 24.0 Å². The summed E-state index contributed by atoms with van der Waals surface area (Å²) in [5.41, 5.74) is -0.864. The minimum Gasteiger partial charge on any atom is -0.459 e. The van der Waals surface area contributed by atoms with E-state index in [0.717, 1.165) is 32.1 Å². The van der Waals surface area contributed by atoms with E-state index < -0.39 is 41.4 Å². The minimum atomic E-state index is -0.634. The normalized spacial score (nSPS) is 25.3. The Kier molecular flexibility index (Phi) is 14.6. The lowest BCUT2D eigenvalue weighted by molar-refractivity contribution is -0.139. The van der Waals surface area contributed by atoms with Crippen LogP contribution in [-0.4, -0.2) is 86.5 Å². The van der Waals surface area contributed by atoms with Crippen LogP contribution in [0.1, 0.15) is 86.0 Å². The molecule has 0 aromatic rings. The quantitative estimate of drug-likeness (QED) is 0.101. The lowest BCUT2D eigenvalue weighted by Crippen LogP contribution is -2.54. The van der Waals surface area contributed by atoms with E-state index >= 15 is 0 Å². The van der Waals surface area contributed by atoms with Crippen LogP contribution in [0.4, 0.5) is 19.2 Å². The number of esters is 1. The van der Waals surface area contributed by atoms with Gasteiger partial charge in [-0.3, -0.25) is 0 Å². The largest absolute Gasteiger partial charge is 0.459 e. The van der Waals surface area contributed by atoms with Gasteiger partial charge < -0.3 is 45.0 Å². The maximum atomic E-state index is 12.5. The van der Waals surface area contributed by atoms with Crippen molar-refractivity contribution in [3.63, 3.8) is 0 Å². The van der Waals surface area contributed by atoms with E-state index in [4.69, 9.17) is 23.7 Å². The molecule has 0 heterocycles. The molecule has 44 heavy (non-hydrogen) atoms. The molecule has 14 nitrogen and oxygen atoms in total. The number of nitrogens with one attached hydrogen (secondary N) is 4. The molecular weight excluding hydrogens is 576 g/mol. The molecule has 5 unspecified atom stereocenters. The van der Waals surface area contributed by atoms with Crippen molar-refractivity contribution in [1.82, 2.24) is 21.3 Å². The number of carbonyl (C=O) groups is 5. The van der Waals surface area contributed by atoms with Gasteiger partial charge in [-0.15, -0.1) is 0 Å². The topological polar surface area (TPSA) is 180 Å². The summed E-state index contributed by atoms with van der Waals surface area (Å²) in [5.74, 6) is -0.793. The van der Waals surface area contributed by atoms with Crippen molar-refractivity contribution in [3.8, 4) is 0 Å². The summed E-state index contributed by atoms with van der Waals surface area (Å²) in [6, 6.07) is -0.315. The predicted molar refractivity (Wildman–Crippen MR) is 160 cm³/mol. The molecule has 0 radical (unpaired) electrons. The van der Waals surface area contributed by atoms with Gasteiger partial charge in [0.2, 0.25) is 0 Å². The summed E-state index contributed by atoms with van der Waals surface area (Å²) >= 11 is 0. The van der Waals surface area contributed by atoms with Crippen LogP contribution >= 0.6 is 0 Å². The molecule has 0 aromatic heterocycles. The highest BCUT2D eigenvalue weighted by Crippen LogP contribution is 2.29. The van der Waals surface area contributed by atoms with Gasteiger partial charge in [-0.05, 0) is 79.1 Å². The lowest BCUT2D eigenvalue weighted by Gasteiger charge is -2.38. The molecule has 0 aromatic carbocycles.